The molecule has 0 bridgehead atoms. The lowest BCUT2D eigenvalue weighted by atomic mass is 10.0. The number of carbonyl (C=O) groups is 1. The number of carboxylic acids is 1. The van der Waals surface area contributed by atoms with E-state index in [9.17, 15) is 18.3 Å². The molecule has 0 unspecified atom stereocenters. The molecule has 0 heterocycles. The molecule has 2 aromatic rings. The van der Waals surface area contributed by atoms with Gasteiger partial charge in [0.1, 0.15) is 5.75 Å². The summed E-state index contributed by atoms with van der Waals surface area (Å²) in [5.41, 5.74) is 0.489. The van der Waals surface area contributed by atoms with E-state index in [1.165, 1.54) is 24.3 Å². The Balaban J connectivity index is 2.26. The summed E-state index contributed by atoms with van der Waals surface area (Å²) in [7, 11) is -3.93. The maximum atomic E-state index is 12.5. The Morgan fingerprint density at radius 1 is 1.12 bits per heavy atom. The average Bonchev–Trinajstić information content (AvgIpc) is 2.54. The van der Waals surface area contributed by atoms with Crippen molar-refractivity contribution in [3.8, 4) is 5.75 Å². The maximum absolute atomic E-state index is 12.5. The lowest BCUT2D eigenvalue weighted by Crippen LogP contribution is -2.34. The van der Waals surface area contributed by atoms with Gasteiger partial charge in [-0.05, 0) is 55.8 Å². The number of hydrogen-bond donors (Lipinski definition) is 1. The topological polar surface area (TPSA) is 95.5 Å². The van der Waals surface area contributed by atoms with Crippen LogP contribution in [0.25, 0.3) is 0 Å². The molecule has 0 aliphatic heterocycles. The highest BCUT2D eigenvalue weighted by atomic mass is 35.5. The lowest BCUT2D eigenvalue weighted by molar-refractivity contribution is -0.306. The normalized spacial score (nSPS) is 12.8. The molecule has 8 heteroatoms. The molecule has 1 atom stereocenters. The van der Waals surface area contributed by atoms with Gasteiger partial charge in [-0.15, -0.1) is 0 Å². The Kier molecular flexibility index (Phi) is 6.63. The smallest absolute Gasteiger partial charge is 0.241 e. The molecular weight excluding hydrogens is 378 g/mol. The Hall–Kier alpha value is -2.09. The van der Waals surface area contributed by atoms with Crippen LogP contribution in [0.1, 0.15) is 31.9 Å². The van der Waals surface area contributed by atoms with Crippen molar-refractivity contribution in [2.75, 3.05) is 0 Å². The van der Waals surface area contributed by atoms with Crippen LogP contribution in [0.3, 0.4) is 0 Å². The van der Waals surface area contributed by atoms with Crippen molar-refractivity contribution in [3.05, 3.63) is 59.1 Å². The first kappa shape index (κ1) is 20.2. The summed E-state index contributed by atoms with van der Waals surface area (Å²) in [6.45, 7) is 3.76. The van der Waals surface area contributed by atoms with Crippen LogP contribution in [0.4, 0.5) is 0 Å². The van der Waals surface area contributed by atoms with Gasteiger partial charge in [0.15, 0.2) is 0 Å². The number of carbonyl (C=O) groups excluding carboxylic acids is 1. The second kappa shape index (κ2) is 8.53. The first-order chi connectivity index (χ1) is 12.2. The molecule has 0 saturated carbocycles. The zero-order chi connectivity index (χ0) is 19.3. The number of hydrogen-bond acceptors (Lipinski definition) is 5. The summed E-state index contributed by atoms with van der Waals surface area (Å²) in [6, 6.07) is 11.2. The molecule has 0 aliphatic carbocycles. The number of rotatable bonds is 8. The van der Waals surface area contributed by atoms with Crippen molar-refractivity contribution >= 4 is 27.6 Å². The van der Waals surface area contributed by atoms with E-state index in [1.807, 2.05) is 13.8 Å². The summed E-state index contributed by atoms with van der Waals surface area (Å²) in [5, 5.41) is 11.5. The quantitative estimate of drug-likeness (QED) is 0.738. The lowest BCUT2D eigenvalue weighted by Gasteiger charge is -2.20. The minimum Gasteiger partial charge on any atom is -0.550 e. The van der Waals surface area contributed by atoms with E-state index in [2.05, 4.69) is 4.72 Å². The van der Waals surface area contributed by atoms with Crippen molar-refractivity contribution in [1.29, 1.82) is 0 Å². The van der Waals surface area contributed by atoms with E-state index in [4.69, 9.17) is 16.3 Å². The van der Waals surface area contributed by atoms with E-state index >= 15 is 0 Å². The number of nitrogens with one attached hydrogen (secondary N) is 1. The minimum atomic E-state index is -3.93. The van der Waals surface area contributed by atoms with Crippen LogP contribution in [0.5, 0.6) is 5.75 Å². The van der Waals surface area contributed by atoms with E-state index in [0.29, 0.717) is 16.3 Å². The molecular formula is C18H19ClNO5S-. The van der Waals surface area contributed by atoms with Gasteiger partial charge in [-0.3, -0.25) is 0 Å². The standard InChI is InChI=1S/C18H20ClNO5S/c1-12(2)25-15-7-3-13(4-8-15)17(11-18(21)22)20-26(23,24)16-9-5-14(19)6-10-16/h3-10,12,17,20H,11H2,1-2H3,(H,21,22)/p-1/t17-/m0/s1. The van der Waals surface area contributed by atoms with Crippen LogP contribution in [-0.4, -0.2) is 20.5 Å². The van der Waals surface area contributed by atoms with Crippen molar-refractivity contribution in [1.82, 2.24) is 4.72 Å². The SMILES string of the molecule is CC(C)Oc1ccc([C@H](CC(=O)[O-])NS(=O)(=O)c2ccc(Cl)cc2)cc1. The van der Waals surface area contributed by atoms with Gasteiger partial charge in [-0.25, -0.2) is 13.1 Å². The highest BCUT2D eigenvalue weighted by molar-refractivity contribution is 7.89. The van der Waals surface area contributed by atoms with Gasteiger partial charge in [0.2, 0.25) is 10.0 Å². The van der Waals surface area contributed by atoms with Gasteiger partial charge in [-0.1, -0.05) is 23.7 Å². The minimum absolute atomic E-state index is 0.00925. The molecule has 2 aromatic carbocycles. The van der Waals surface area contributed by atoms with Crippen LogP contribution in [0, 0.1) is 0 Å². The maximum Gasteiger partial charge on any atom is 0.241 e. The van der Waals surface area contributed by atoms with Crippen molar-refractivity contribution in [2.45, 2.75) is 37.3 Å². The molecule has 0 fully saturated rings. The van der Waals surface area contributed by atoms with Crippen LogP contribution in [-0.2, 0) is 14.8 Å². The summed E-state index contributed by atoms with van der Waals surface area (Å²) < 4.78 is 33.0. The Labute approximate surface area is 157 Å². The number of halogens is 1. The van der Waals surface area contributed by atoms with E-state index in [-0.39, 0.29) is 11.0 Å². The number of aliphatic carboxylic acids is 1. The van der Waals surface area contributed by atoms with Gasteiger partial charge < -0.3 is 14.6 Å². The Morgan fingerprint density at radius 3 is 2.19 bits per heavy atom. The Morgan fingerprint density at radius 2 is 1.69 bits per heavy atom. The van der Waals surface area contributed by atoms with Gasteiger partial charge in [-0.2, -0.15) is 0 Å². The number of benzene rings is 2. The van der Waals surface area contributed by atoms with Crippen LogP contribution in [0.2, 0.25) is 5.02 Å². The van der Waals surface area contributed by atoms with Crippen molar-refractivity contribution in [3.63, 3.8) is 0 Å². The third-order valence-corrected chi connectivity index (χ3v) is 5.19. The predicted molar refractivity (Wildman–Crippen MR) is 96.3 cm³/mol. The highest BCUT2D eigenvalue weighted by Gasteiger charge is 2.22. The van der Waals surface area contributed by atoms with Gasteiger partial charge in [0.25, 0.3) is 0 Å². The monoisotopic (exact) mass is 396 g/mol. The first-order valence-electron chi connectivity index (χ1n) is 7.92. The summed E-state index contributed by atoms with van der Waals surface area (Å²) in [4.78, 5) is 11.1. The average molecular weight is 397 g/mol. The number of ether oxygens (including phenoxy) is 1. The zero-order valence-corrected chi connectivity index (χ0v) is 15.9. The molecule has 0 aliphatic rings. The summed E-state index contributed by atoms with van der Waals surface area (Å²) in [5.74, 6) is -0.757. The third-order valence-electron chi connectivity index (χ3n) is 3.45. The second-order valence-electron chi connectivity index (χ2n) is 5.94. The van der Waals surface area contributed by atoms with Gasteiger partial charge in [0.05, 0.1) is 17.0 Å². The van der Waals surface area contributed by atoms with E-state index in [1.54, 1.807) is 24.3 Å². The zero-order valence-electron chi connectivity index (χ0n) is 14.3. The molecule has 140 valence electrons. The van der Waals surface area contributed by atoms with Gasteiger partial charge >= 0.3 is 0 Å². The van der Waals surface area contributed by atoms with E-state index in [0.717, 1.165) is 0 Å². The van der Waals surface area contributed by atoms with Gasteiger partial charge in [0, 0.05) is 17.4 Å². The molecule has 2 rings (SSSR count). The molecule has 0 spiro atoms. The van der Waals surface area contributed by atoms with Crippen LogP contribution < -0.4 is 14.6 Å². The highest BCUT2D eigenvalue weighted by Crippen LogP contribution is 2.24. The molecule has 0 saturated heterocycles. The fraction of sp³-hybridized carbons (Fsp3) is 0.278. The van der Waals surface area contributed by atoms with E-state index < -0.39 is 28.5 Å². The van der Waals surface area contributed by atoms with Crippen molar-refractivity contribution < 1.29 is 23.1 Å². The fourth-order valence-electron chi connectivity index (χ4n) is 2.31. The fourth-order valence-corrected chi connectivity index (χ4v) is 3.66. The number of sulfonamides is 1. The molecule has 6 nitrogen and oxygen atoms in total. The summed E-state index contributed by atoms with van der Waals surface area (Å²) in [6.07, 6.45) is -0.514. The molecule has 0 amide bonds. The third kappa shape index (κ3) is 5.72. The molecule has 1 N–H and O–H groups in total. The second-order valence-corrected chi connectivity index (χ2v) is 8.09. The van der Waals surface area contributed by atoms with Crippen LogP contribution in [0.15, 0.2) is 53.4 Å². The predicted octanol–water partition coefficient (Wildman–Crippen LogP) is 2.29. The number of carboxylic acid groups (broad SMARTS) is 1. The first-order valence-corrected chi connectivity index (χ1v) is 9.78. The van der Waals surface area contributed by atoms with Crippen LogP contribution >= 0.6 is 11.6 Å². The Bertz CT molecular complexity index is 848. The molecule has 0 aromatic heterocycles. The largest absolute Gasteiger partial charge is 0.550 e. The molecule has 0 radical (unpaired) electrons. The van der Waals surface area contributed by atoms with Crippen molar-refractivity contribution in [2.24, 2.45) is 0 Å². The summed E-state index contributed by atoms with van der Waals surface area (Å²) >= 11 is 5.77. The molecule has 26 heavy (non-hydrogen) atoms.